The van der Waals surface area contributed by atoms with E-state index in [0.29, 0.717) is 0 Å². The molecule has 0 saturated carbocycles. The molecule has 0 heterocycles. The van der Waals surface area contributed by atoms with Gasteiger partial charge < -0.3 is 0 Å². The first kappa shape index (κ1) is 49.3. The van der Waals surface area contributed by atoms with Crippen molar-refractivity contribution >= 4 is 0 Å². The molecule has 0 bridgehead atoms. The fourth-order valence-corrected chi connectivity index (χ4v) is 4.63. The monoisotopic (exact) mass is 613 g/mol. The van der Waals surface area contributed by atoms with Gasteiger partial charge in [0.25, 0.3) is 0 Å². The Labute approximate surface area is 281 Å². The van der Waals surface area contributed by atoms with Gasteiger partial charge in [-0.2, -0.15) is 0 Å². The van der Waals surface area contributed by atoms with Crippen molar-refractivity contribution in [1.29, 1.82) is 0 Å². The third kappa shape index (κ3) is 53.0. The van der Waals surface area contributed by atoms with E-state index in [1.54, 1.807) is 0 Å². The summed E-state index contributed by atoms with van der Waals surface area (Å²) in [4.78, 5) is 0. The van der Waals surface area contributed by atoms with E-state index >= 15 is 0 Å². The molecule has 0 radical (unpaired) electrons. The van der Waals surface area contributed by atoms with Gasteiger partial charge in [-0.1, -0.05) is 150 Å². The summed E-state index contributed by atoms with van der Waals surface area (Å²) in [6, 6.07) is 0. The molecule has 0 fully saturated rings. The Morgan fingerprint density at radius 3 is 0.977 bits per heavy atom. The molecule has 0 aromatic heterocycles. The Morgan fingerprint density at radius 2 is 0.750 bits per heavy atom. The fourth-order valence-electron chi connectivity index (χ4n) is 4.63. The molecule has 1 unspecified atom stereocenters. The van der Waals surface area contributed by atoms with E-state index in [1.807, 2.05) is 0 Å². The summed E-state index contributed by atoms with van der Waals surface area (Å²) in [7, 11) is 0. The molecule has 260 valence electrons. The SMILES string of the molecule is CC/C=C(/C)CCC=C(C)C.CC/C=C(\C)CCC=C(C)C.CCC=C(C)CCC=C(C)C.CCCC(C)CCCC(C)C. The maximum atomic E-state index is 2.38. The molecule has 0 aliphatic rings. The lowest BCUT2D eigenvalue weighted by Gasteiger charge is -2.10. The molecule has 0 saturated heterocycles. The van der Waals surface area contributed by atoms with Gasteiger partial charge in [-0.15, -0.1) is 0 Å². The smallest absolute Gasteiger partial charge is 0.0288 e. The van der Waals surface area contributed by atoms with Crippen molar-refractivity contribution in [3.63, 3.8) is 0 Å². The molecule has 0 aliphatic carbocycles. The zero-order chi connectivity index (χ0) is 34.8. The summed E-state index contributed by atoms with van der Waals surface area (Å²) in [5, 5.41) is 0. The molecule has 0 rings (SSSR count). The van der Waals surface area contributed by atoms with Crippen molar-refractivity contribution in [2.45, 2.75) is 201 Å². The summed E-state index contributed by atoms with van der Waals surface area (Å²) < 4.78 is 0. The zero-order valence-electron chi connectivity index (χ0n) is 33.5. The van der Waals surface area contributed by atoms with E-state index in [9.17, 15) is 0 Å². The minimum Gasteiger partial charge on any atom is -0.0859 e. The molecule has 0 N–H and O–H groups in total. The Hall–Kier alpha value is -1.56. The molecule has 0 aliphatic heterocycles. The van der Waals surface area contributed by atoms with Crippen LogP contribution in [-0.2, 0) is 0 Å². The van der Waals surface area contributed by atoms with Gasteiger partial charge in [0.2, 0.25) is 0 Å². The number of allylic oxidation sites excluding steroid dienone is 12. The van der Waals surface area contributed by atoms with Crippen LogP contribution in [0.3, 0.4) is 0 Å². The standard InChI is InChI=1S/C11H24.3C11H20/c4*1-5-7-11(4)9-6-8-10(2)3/h10-11H,5-9H2,1-4H3;3*7-8H,5-6,9H2,1-4H3/b;11-7+;11-7-;. The molecule has 0 aromatic rings. The lowest BCUT2D eigenvalue weighted by atomic mass is 9.96. The van der Waals surface area contributed by atoms with E-state index in [-0.39, 0.29) is 0 Å². The summed E-state index contributed by atoms with van der Waals surface area (Å²) in [6.07, 6.45) is 31.6. The van der Waals surface area contributed by atoms with Crippen LogP contribution in [0.15, 0.2) is 69.9 Å². The van der Waals surface area contributed by atoms with Gasteiger partial charge in [0.1, 0.15) is 0 Å². The van der Waals surface area contributed by atoms with Gasteiger partial charge >= 0.3 is 0 Å². The molecule has 1 atom stereocenters. The second kappa shape index (κ2) is 37.6. The predicted molar refractivity (Wildman–Crippen MR) is 211 cm³/mol. The highest BCUT2D eigenvalue weighted by molar-refractivity contribution is 5.03. The van der Waals surface area contributed by atoms with Gasteiger partial charge in [0.15, 0.2) is 0 Å². The molecule has 0 spiro atoms. The van der Waals surface area contributed by atoms with Crippen LogP contribution in [0.5, 0.6) is 0 Å². The normalized spacial score (nSPS) is 12.1. The summed E-state index contributed by atoms with van der Waals surface area (Å²) in [5.74, 6) is 1.85. The van der Waals surface area contributed by atoms with E-state index in [1.165, 1.54) is 123 Å². The van der Waals surface area contributed by atoms with Crippen LogP contribution in [0.25, 0.3) is 0 Å². The maximum Gasteiger partial charge on any atom is -0.0288 e. The average Bonchev–Trinajstić information content (AvgIpc) is 2.90. The van der Waals surface area contributed by atoms with Crippen molar-refractivity contribution in [3.8, 4) is 0 Å². The van der Waals surface area contributed by atoms with E-state index in [2.05, 4.69) is 147 Å². The van der Waals surface area contributed by atoms with Crippen LogP contribution >= 0.6 is 0 Å². The van der Waals surface area contributed by atoms with Crippen molar-refractivity contribution in [2.24, 2.45) is 11.8 Å². The second-order valence-electron chi connectivity index (χ2n) is 14.1. The first-order valence-electron chi connectivity index (χ1n) is 18.5. The summed E-state index contributed by atoms with van der Waals surface area (Å²) in [5.41, 5.74) is 8.83. The van der Waals surface area contributed by atoms with E-state index < -0.39 is 0 Å². The van der Waals surface area contributed by atoms with Crippen LogP contribution in [0.2, 0.25) is 0 Å². The van der Waals surface area contributed by atoms with Crippen LogP contribution in [-0.4, -0.2) is 0 Å². The minimum atomic E-state index is 0.892. The molecule has 0 nitrogen and oxygen atoms in total. The van der Waals surface area contributed by atoms with Gasteiger partial charge in [-0.05, 0) is 132 Å². The first-order valence-corrected chi connectivity index (χ1v) is 18.5. The van der Waals surface area contributed by atoms with Crippen LogP contribution in [0, 0.1) is 11.8 Å². The van der Waals surface area contributed by atoms with Gasteiger partial charge in [-0.3, -0.25) is 0 Å². The Balaban J connectivity index is -0.000000242. The van der Waals surface area contributed by atoms with Gasteiger partial charge in [0.05, 0.1) is 0 Å². The molecule has 0 heteroatoms. The average molecular weight is 613 g/mol. The number of hydrogen-bond acceptors (Lipinski definition) is 0. The highest BCUT2D eigenvalue weighted by Crippen LogP contribution is 2.16. The lowest BCUT2D eigenvalue weighted by Crippen LogP contribution is -1.95. The molecular weight excluding hydrogens is 528 g/mol. The van der Waals surface area contributed by atoms with Crippen molar-refractivity contribution in [3.05, 3.63) is 69.9 Å². The van der Waals surface area contributed by atoms with E-state index in [0.717, 1.165) is 11.8 Å². The molecule has 0 aromatic carbocycles. The van der Waals surface area contributed by atoms with Crippen LogP contribution in [0.4, 0.5) is 0 Å². The highest BCUT2D eigenvalue weighted by Gasteiger charge is 2.01. The third-order valence-corrected chi connectivity index (χ3v) is 7.19. The molecule has 0 amide bonds. The summed E-state index contributed by atoms with van der Waals surface area (Å²) in [6.45, 7) is 35.4. The highest BCUT2D eigenvalue weighted by atomic mass is 14.1. The zero-order valence-corrected chi connectivity index (χ0v) is 33.5. The molecule has 44 heavy (non-hydrogen) atoms. The topological polar surface area (TPSA) is 0 Å². The largest absolute Gasteiger partial charge is 0.0859 e. The van der Waals surface area contributed by atoms with Crippen molar-refractivity contribution in [1.82, 2.24) is 0 Å². The van der Waals surface area contributed by atoms with E-state index in [4.69, 9.17) is 0 Å². The Bertz CT molecular complexity index is 688. The minimum absolute atomic E-state index is 0.892. The third-order valence-electron chi connectivity index (χ3n) is 7.19. The lowest BCUT2D eigenvalue weighted by molar-refractivity contribution is 0.433. The molecular formula is C44H84. The number of hydrogen-bond donors (Lipinski definition) is 0. The fraction of sp³-hybridized carbons (Fsp3) is 0.727. The Kier molecular flexibility index (Phi) is 42.2. The predicted octanol–water partition coefficient (Wildman–Crippen LogP) is 16.5. The second-order valence-corrected chi connectivity index (χ2v) is 14.1. The quantitative estimate of drug-likeness (QED) is 0.135. The summed E-state index contributed by atoms with van der Waals surface area (Å²) >= 11 is 0. The van der Waals surface area contributed by atoms with Crippen molar-refractivity contribution < 1.29 is 0 Å². The maximum absolute atomic E-state index is 2.38. The van der Waals surface area contributed by atoms with Gasteiger partial charge in [-0.25, -0.2) is 0 Å². The van der Waals surface area contributed by atoms with Crippen molar-refractivity contribution in [2.75, 3.05) is 0 Å². The first-order chi connectivity index (χ1) is 20.7. The van der Waals surface area contributed by atoms with Gasteiger partial charge in [0, 0.05) is 0 Å². The van der Waals surface area contributed by atoms with Crippen LogP contribution in [0.1, 0.15) is 201 Å². The number of rotatable bonds is 18. The van der Waals surface area contributed by atoms with Crippen LogP contribution < -0.4 is 0 Å². The Morgan fingerprint density at radius 1 is 0.432 bits per heavy atom.